The van der Waals surface area contributed by atoms with Gasteiger partial charge in [-0.3, -0.25) is 4.79 Å². The van der Waals surface area contributed by atoms with Crippen LogP contribution in [0.5, 0.6) is 5.75 Å². The lowest BCUT2D eigenvalue weighted by molar-refractivity contribution is -0.0869. The molecule has 4 rings (SSSR count). The first-order chi connectivity index (χ1) is 12.8. The number of aliphatic hydroxyl groups is 1. The lowest BCUT2D eigenvalue weighted by Crippen LogP contribution is -2.53. The Hall–Kier alpha value is -2.12. The third kappa shape index (κ3) is 3.08. The highest BCUT2D eigenvalue weighted by Gasteiger charge is 2.48. The number of amides is 1. The van der Waals surface area contributed by atoms with Gasteiger partial charge in [-0.25, -0.2) is 0 Å². The van der Waals surface area contributed by atoms with Crippen molar-refractivity contribution in [3.63, 3.8) is 0 Å². The molecule has 27 heavy (non-hydrogen) atoms. The van der Waals surface area contributed by atoms with Crippen LogP contribution >= 0.6 is 11.8 Å². The summed E-state index contributed by atoms with van der Waals surface area (Å²) in [4.78, 5) is 14.9. The number of alkyl halides is 2. The molecule has 142 valence electrons. The molecule has 0 spiro atoms. The zero-order chi connectivity index (χ0) is 19.3. The SMILES string of the molecule is CC1(C)Oc2ccc(SC(F)F)cc2[C@H](N2Cc3ccccc3C2=O)[C@H]1O. The summed E-state index contributed by atoms with van der Waals surface area (Å²) in [6.45, 7) is 3.87. The number of rotatable bonds is 3. The van der Waals surface area contributed by atoms with Crippen molar-refractivity contribution in [1.82, 2.24) is 4.90 Å². The molecule has 2 aliphatic heterocycles. The fourth-order valence-electron chi connectivity index (χ4n) is 3.76. The van der Waals surface area contributed by atoms with E-state index in [4.69, 9.17) is 4.74 Å². The average molecular weight is 391 g/mol. The fraction of sp³-hybridized carbons (Fsp3) is 0.350. The first kappa shape index (κ1) is 18.3. The molecule has 2 atom stereocenters. The van der Waals surface area contributed by atoms with E-state index in [1.165, 1.54) is 0 Å². The van der Waals surface area contributed by atoms with Gasteiger partial charge in [0, 0.05) is 22.6 Å². The lowest BCUT2D eigenvalue weighted by Gasteiger charge is -2.45. The Morgan fingerprint density at radius 1 is 1.26 bits per heavy atom. The summed E-state index contributed by atoms with van der Waals surface area (Å²) in [5.41, 5.74) is 1.12. The standard InChI is InChI=1S/C20H19F2NO3S/c1-20(2)17(24)16(23-10-11-5-3-4-6-13(11)18(23)25)14-9-12(27-19(21)22)7-8-15(14)26-20/h3-9,16-17,19,24H,10H2,1-2H3/t16-,17+/m0/s1. The number of nitrogens with zero attached hydrogens (tertiary/aromatic N) is 1. The van der Waals surface area contributed by atoms with Crippen LogP contribution in [0, 0.1) is 0 Å². The van der Waals surface area contributed by atoms with Gasteiger partial charge in [-0.05, 0) is 43.7 Å². The van der Waals surface area contributed by atoms with E-state index in [0.717, 1.165) is 5.56 Å². The number of hydrogen-bond acceptors (Lipinski definition) is 4. The van der Waals surface area contributed by atoms with Crippen LogP contribution in [0.3, 0.4) is 0 Å². The Morgan fingerprint density at radius 3 is 2.70 bits per heavy atom. The summed E-state index contributed by atoms with van der Waals surface area (Å²) >= 11 is 0.431. The maximum Gasteiger partial charge on any atom is 0.288 e. The number of benzene rings is 2. The van der Waals surface area contributed by atoms with Crippen LogP contribution in [-0.4, -0.2) is 33.4 Å². The molecule has 2 heterocycles. The number of halogens is 2. The van der Waals surface area contributed by atoms with Gasteiger partial charge in [0.05, 0.1) is 6.04 Å². The molecule has 1 N–H and O–H groups in total. The third-order valence-corrected chi connectivity index (χ3v) is 5.80. The summed E-state index contributed by atoms with van der Waals surface area (Å²) in [6.07, 6.45) is -1.00. The molecule has 0 fully saturated rings. The number of ether oxygens (including phenoxy) is 1. The second-order valence-corrected chi connectivity index (χ2v) is 8.33. The van der Waals surface area contributed by atoms with E-state index < -0.39 is 23.5 Å². The van der Waals surface area contributed by atoms with Gasteiger partial charge in [0.2, 0.25) is 0 Å². The Bertz CT molecular complexity index is 903. The topological polar surface area (TPSA) is 49.8 Å². The average Bonchev–Trinajstić information content (AvgIpc) is 2.93. The number of aliphatic hydroxyl groups excluding tert-OH is 1. The van der Waals surface area contributed by atoms with E-state index in [-0.39, 0.29) is 5.91 Å². The summed E-state index contributed by atoms with van der Waals surface area (Å²) < 4.78 is 31.5. The normalized spacial score (nSPS) is 23.2. The molecule has 7 heteroatoms. The molecule has 2 aromatic carbocycles. The highest BCUT2D eigenvalue weighted by molar-refractivity contribution is 7.99. The van der Waals surface area contributed by atoms with E-state index in [1.807, 2.05) is 12.1 Å². The van der Waals surface area contributed by atoms with Crippen molar-refractivity contribution >= 4 is 17.7 Å². The quantitative estimate of drug-likeness (QED) is 0.796. The van der Waals surface area contributed by atoms with Gasteiger partial charge in [0.25, 0.3) is 11.7 Å². The minimum atomic E-state index is -2.55. The molecular formula is C20H19F2NO3S. The molecule has 0 aromatic heterocycles. The fourth-order valence-corrected chi connectivity index (χ4v) is 4.31. The second kappa shape index (κ2) is 6.49. The summed E-state index contributed by atoms with van der Waals surface area (Å²) in [6, 6.07) is 11.4. The Balaban J connectivity index is 1.79. The summed E-state index contributed by atoms with van der Waals surface area (Å²) in [5, 5.41) is 11.0. The Morgan fingerprint density at radius 2 is 2.00 bits per heavy atom. The van der Waals surface area contributed by atoms with Crippen molar-refractivity contribution in [2.45, 2.75) is 48.8 Å². The van der Waals surface area contributed by atoms with E-state index in [9.17, 15) is 18.7 Å². The molecular weight excluding hydrogens is 372 g/mol. The molecule has 4 nitrogen and oxygen atoms in total. The van der Waals surface area contributed by atoms with Gasteiger partial charge in [0.15, 0.2) is 0 Å². The van der Waals surface area contributed by atoms with Gasteiger partial charge in [-0.1, -0.05) is 30.0 Å². The zero-order valence-electron chi connectivity index (χ0n) is 14.9. The molecule has 0 saturated heterocycles. The molecule has 0 aliphatic carbocycles. The van der Waals surface area contributed by atoms with Crippen LogP contribution in [0.15, 0.2) is 47.4 Å². The maximum absolute atomic E-state index is 13.0. The largest absolute Gasteiger partial charge is 0.485 e. The number of thioether (sulfide) groups is 1. The van der Waals surface area contributed by atoms with Crippen LogP contribution in [0.1, 0.15) is 41.4 Å². The number of carbonyl (C=O) groups excluding carboxylic acids is 1. The smallest absolute Gasteiger partial charge is 0.288 e. The third-order valence-electron chi connectivity index (χ3n) is 5.09. The van der Waals surface area contributed by atoms with Crippen LogP contribution in [0.4, 0.5) is 8.78 Å². The lowest BCUT2D eigenvalue weighted by atomic mass is 9.85. The second-order valence-electron chi connectivity index (χ2n) is 7.26. The molecule has 2 aromatic rings. The Labute approximate surface area is 160 Å². The van der Waals surface area contributed by atoms with Crippen LogP contribution in [-0.2, 0) is 6.54 Å². The minimum Gasteiger partial charge on any atom is -0.485 e. The van der Waals surface area contributed by atoms with Crippen LogP contribution in [0.2, 0.25) is 0 Å². The van der Waals surface area contributed by atoms with E-state index in [2.05, 4.69) is 0 Å². The Kier molecular flexibility index (Phi) is 4.39. The number of hydrogen-bond donors (Lipinski definition) is 1. The van der Waals surface area contributed by atoms with Gasteiger partial charge < -0.3 is 14.7 Å². The molecule has 0 saturated carbocycles. The van der Waals surface area contributed by atoms with E-state index in [0.29, 0.717) is 40.1 Å². The van der Waals surface area contributed by atoms with Crippen molar-refractivity contribution in [1.29, 1.82) is 0 Å². The molecule has 2 aliphatic rings. The molecule has 0 unspecified atom stereocenters. The molecule has 0 radical (unpaired) electrons. The van der Waals surface area contributed by atoms with E-state index >= 15 is 0 Å². The number of carbonyl (C=O) groups is 1. The van der Waals surface area contributed by atoms with Gasteiger partial charge in [-0.2, -0.15) is 8.78 Å². The first-order valence-electron chi connectivity index (χ1n) is 8.62. The highest BCUT2D eigenvalue weighted by atomic mass is 32.2. The predicted molar refractivity (Wildman–Crippen MR) is 98.1 cm³/mol. The molecule has 0 bridgehead atoms. The summed E-state index contributed by atoms with van der Waals surface area (Å²) in [5.74, 6) is -2.23. The van der Waals surface area contributed by atoms with Crippen molar-refractivity contribution in [2.75, 3.05) is 0 Å². The predicted octanol–water partition coefficient (Wildman–Crippen LogP) is 4.23. The first-order valence-corrected chi connectivity index (χ1v) is 9.50. The number of fused-ring (bicyclic) bond motifs is 2. The van der Waals surface area contributed by atoms with Crippen molar-refractivity contribution in [2.24, 2.45) is 0 Å². The van der Waals surface area contributed by atoms with Crippen LogP contribution < -0.4 is 4.74 Å². The summed E-state index contributed by atoms with van der Waals surface area (Å²) in [7, 11) is 0. The minimum absolute atomic E-state index is 0.176. The van der Waals surface area contributed by atoms with Crippen LogP contribution in [0.25, 0.3) is 0 Å². The van der Waals surface area contributed by atoms with Gasteiger partial charge >= 0.3 is 0 Å². The van der Waals surface area contributed by atoms with Crippen molar-refractivity contribution in [3.8, 4) is 5.75 Å². The monoisotopic (exact) mass is 391 g/mol. The maximum atomic E-state index is 13.0. The van der Waals surface area contributed by atoms with Crippen molar-refractivity contribution in [3.05, 3.63) is 59.2 Å². The van der Waals surface area contributed by atoms with Gasteiger partial charge in [-0.15, -0.1) is 0 Å². The van der Waals surface area contributed by atoms with Crippen molar-refractivity contribution < 1.29 is 23.4 Å². The van der Waals surface area contributed by atoms with Gasteiger partial charge in [0.1, 0.15) is 17.5 Å². The molecule has 1 amide bonds. The van der Waals surface area contributed by atoms with E-state index in [1.54, 1.807) is 49.1 Å². The highest BCUT2D eigenvalue weighted by Crippen LogP contribution is 2.46. The zero-order valence-corrected chi connectivity index (χ0v) is 15.7.